The first-order valence-corrected chi connectivity index (χ1v) is 7.59. The SMILES string of the molecule is CC1CCCC(Nc2cc(F)c(Br)cc2[N+](=O)[O-])C1C. The smallest absolute Gasteiger partial charge is 0.293 e. The predicted octanol–water partition coefficient (Wildman–Crippen LogP) is 4.73. The number of anilines is 1. The fourth-order valence-electron chi connectivity index (χ4n) is 2.79. The number of benzene rings is 1. The van der Waals surface area contributed by atoms with Gasteiger partial charge in [0, 0.05) is 18.2 Å². The van der Waals surface area contributed by atoms with Gasteiger partial charge in [0.15, 0.2) is 0 Å². The fourth-order valence-corrected chi connectivity index (χ4v) is 3.12. The van der Waals surface area contributed by atoms with Gasteiger partial charge >= 0.3 is 0 Å². The minimum Gasteiger partial charge on any atom is -0.376 e. The van der Waals surface area contributed by atoms with Gasteiger partial charge in [-0.2, -0.15) is 0 Å². The van der Waals surface area contributed by atoms with Crippen molar-refractivity contribution in [3.8, 4) is 0 Å². The standard InChI is InChI=1S/C14H18BrFN2O2/c1-8-4-3-5-12(9(8)2)17-13-7-11(16)10(15)6-14(13)18(19)20/h6-9,12,17H,3-5H2,1-2H3. The molecule has 1 aliphatic carbocycles. The third kappa shape index (κ3) is 3.11. The van der Waals surface area contributed by atoms with Crippen LogP contribution in [0.25, 0.3) is 0 Å². The van der Waals surface area contributed by atoms with Crippen LogP contribution in [0.3, 0.4) is 0 Å². The number of nitrogens with one attached hydrogen (secondary N) is 1. The molecule has 4 nitrogen and oxygen atoms in total. The molecule has 1 fully saturated rings. The Morgan fingerprint density at radius 2 is 2.10 bits per heavy atom. The van der Waals surface area contributed by atoms with Crippen molar-refractivity contribution in [1.29, 1.82) is 0 Å². The van der Waals surface area contributed by atoms with Crippen LogP contribution < -0.4 is 5.32 Å². The molecular formula is C14H18BrFN2O2. The molecule has 0 bridgehead atoms. The molecule has 20 heavy (non-hydrogen) atoms. The minimum atomic E-state index is -0.491. The second-order valence-corrected chi connectivity index (χ2v) is 6.41. The molecule has 3 atom stereocenters. The van der Waals surface area contributed by atoms with Crippen LogP contribution >= 0.6 is 15.9 Å². The van der Waals surface area contributed by atoms with Crippen molar-refractivity contribution in [1.82, 2.24) is 0 Å². The summed E-state index contributed by atoms with van der Waals surface area (Å²) in [5.74, 6) is 0.491. The Morgan fingerprint density at radius 3 is 2.75 bits per heavy atom. The molecule has 6 heteroatoms. The summed E-state index contributed by atoms with van der Waals surface area (Å²) >= 11 is 2.99. The number of hydrogen-bond donors (Lipinski definition) is 1. The second-order valence-electron chi connectivity index (χ2n) is 5.56. The molecule has 0 heterocycles. The molecule has 1 N–H and O–H groups in total. The fraction of sp³-hybridized carbons (Fsp3) is 0.571. The Bertz CT molecular complexity index is 524. The molecule has 0 aromatic heterocycles. The summed E-state index contributed by atoms with van der Waals surface area (Å²) in [7, 11) is 0. The lowest BCUT2D eigenvalue weighted by Gasteiger charge is -2.35. The zero-order valence-electron chi connectivity index (χ0n) is 11.5. The van der Waals surface area contributed by atoms with Crippen molar-refractivity contribution in [2.45, 2.75) is 39.2 Å². The van der Waals surface area contributed by atoms with Gasteiger partial charge in [-0.25, -0.2) is 4.39 Å². The molecule has 110 valence electrons. The van der Waals surface area contributed by atoms with Gasteiger partial charge in [0.25, 0.3) is 5.69 Å². The Morgan fingerprint density at radius 1 is 1.40 bits per heavy atom. The zero-order valence-corrected chi connectivity index (χ0v) is 13.1. The van der Waals surface area contributed by atoms with Crippen molar-refractivity contribution in [3.63, 3.8) is 0 Å². The summed E-state index contributed by atoms with van der Waals surface area (Å²) in [6, 6.07) is 2.57. The molecule has 3 unspecified atom stereocenters. The van der Waals surface area contributed by atoms with Crippen LogP contribution in [0.4, 0.5) is 15.8 Å². The third-order valence-electron chi connectivity index (χ3n) is 4.28. The summed E-state index contributed by atoms with van der Waals surface area (Å²) in [6.07, 6.45) is 3.23. The molecule has 1 aromatic rings. The Labute approximate surface area is 126 Å². The van der Waals surface area contributed by atoms with Crippen LogP contribution in [0, 0.1) is 27.8 Å². The van der Waals surface area contributed by atoms with E-state index in [0.717, 1.165) is 12.8 Å². The first-order valence-electron chi connectivity index (χ1n) is 6.80. The number of rotatable bonds is 3. The van der Waals surface area contributed by atoms with Gasteiger partial charge in [-0.15, -0.1) is 0 Å². The maximum Gasteiger partial charge on any atom is 0.293 e. The van der Waals surface area contributed by atoms with Crippen LogP contribution in [0.5, 0.6) is 0 Å². The molecule has 1 saturated carbocycles. The number of nitro benzene ring substituents is 1. The topological polar surface area (TPSA) is 55.2 Å². The Hall–Kier alpha value is -1.17. The molecule has 0 aliphatic heterocycles. The van der Waals surface area contributed by atoms with Gasteiger partial charge in [0.1, 0.15) is 11.5 Å². The molecular weight excluding hydrogens is 327 g/mol. The monoisotopic (exact) mass is 344 g/mol. The highest BCUT2D eigenvalue weighted by Gasteiger charge is 2.29. The van der Waals surface area contributed by atoms with Crippen LogP contribution in [-0.2, 0) is 0 Å². The van der Waals surface area contributed by atoms with Crippen molar-refractivity contribution in [2.75, 3.05) is 5.32 Å². The highest BCUT2D eigenvalue weighted by molar-refractivity contribution is 9.10. The normalized spacial score (nSPS) is 26.3. The van der Waals surface area contributed by atoms with E-state index in [0.29, 0.717) is 11.8 Å². The zero-order chi connectivity index (χ0) is 14.9. The maximum atomic E-state index is 13.6. The third-order valence-corrected chi connectivity index (χ3v) is 4.89. The highest BCUT2D eigenvalue weighted by Crippen LogP contribution is 2.35. The van der Waals surface area contributed by atoms with E-state index < -0.39 is 10.7 Å². The predicted molar refractivity (Wildman–Crippen MR) is 80.3 cm³/mol. The Balaban J connectivity index is 2.28. The first-order chi connectivity index (χ1) is 9.40. The van der Waals surface area contributed by atoms with E-state index in [1.54, 1.807) is 0 Å². The summed E-state index contributed by atoms with van der Waals surface area (Å²) in [5.41, 5.74) is 0.172. The molecule has 1 aliphatic rings. The summed E-state index contributed by atoms with van der Waals surface area (Å²) in [5, 5.41) is 14.3. The van der Waals surface area contributed by atoms with Crippen molar-refractivity contribution in [3.05, 3.63) is 32.5 Å². The molecule has 0 amide bonds. The molecule has 0 spiro atoms. The van der Waals surface area contributed by atoms with Gasteiger partial charge in [-0.05, 0) is 34.2 Å². The largest absolute Gasteiger partial charge is 0.376 e. The van der Waals surface area contributed by atoms with E-state index in [9.17, 15) is 14.5 Å². The lowest BCUT2D eigenvalue weighted by atomic mass is 9.78. The van der Waals surface area contributed by atoms with E-state index in [1.165, 1.54) is 18.6 Å². The molecule has 1 aromatic carbocycles. The van der Waals surface area contributed by atoms with E-state index >= 15 is 0 Å². The lowest BCUT2D eigenvalue weighted by molar-refractivity contribution is -0.384. The first kappa shape index (κ1) is 15.2. The van der Waals surface area contributed by atoms with Crippen molar-refractivity contribution >= 4 is 27.3 Å². The Kier molecular flexibility index (Phi) is 4.62. The van der Waals surface area contributed by atoms with Crippen molar-refractivity contribution in [2.24, 2.45) is 11.8 Å². The van der Waals surface area contributed by atoms with Crippen LogP contribution in [0.1, 0.15) is 33.1 Å². The van der Waals surface area contributed by atoms with Crippen molar-refractivity contribution < 1.29 is 9.31 Å². The van der Waals surface area contributed by atoms with E-state index in [4.69, 9.17) is 0 Å². The van der Waals surface area contributed by atoms with E-state index in [1.807, 2.05) is 0 Å². The van der Waals surface area contributed by atoms with E-state index in [-0.39, 0.29) is 21.9 Å². The lowest BCUT2D eigenvalue weighted by Crippen LogP contribution is -2.35. The second kappa shape index (κ2) is 6.08. The summed E-state index contributed by atoms with van der Waals surface area (Å²) < 4.78 is 13.8. The summed E-state index contributed by atoms with van der Waals surface area (Å²) in [4.78, 5) is 10.6. The quantitative estimate of drug-likeness (QED) is 0.636. The van der Waals surface area contributed by atoms with Crippen LogP contribution in [0.2, 0.25) is 0 Å². The van der Waals surface area contributed by atoms with Crippen LogP contribution in [-0.4, -0.2) is 11.0 Å². The van der Waals surface area contributed by atoms with Crippen LogP contribution in [0.15, 0.2) is 16.6 Å². The average molecular weight is 345 g/mol. The molecule has 0 saturated heterocycles. The van der Waals surface area contributed by atoms with E-state index in [2.05, 4.69) is 35.1 Å². The minimum absolute atomic E-state index is 0.0938. The van der Waals surface area contributed by atoms with Gasteiger partial charge in [-0.1, -0.05) is 26.7 Å². The van der Waals surface area contributed by atoms with Gasteiger partial charge in [0.05, 0.1) is 9.40 Å². The molecule has 2 rings (SSSR count). The van der Waals surface area contributed by atoms with Gasteiger partial charge in [-0.3, -0.25) is 10.1 Å². The number of nitrogens with zero attached hydrogens (tertiary/aromatic N) is 1. The number of halogens is 2. The summed E-state index contributed by atoms with van der Waals surface area (Å²) in [6.45, 7) is 4.33. The molecule has 0 radical (unpaired) electrons. The number of hydrogen-bond acceptors (Lipinski definition) is 3. The average Bonchev–Trinajstić information content (AvgIpc) is 2.38. The maximum absolute atomic E-state index is 13.6. The van der Waals surface area contributed by atoms with Gasteiger partial charge < -0.3 is 5.32 Å². The van der Waals surface area contributed by atoms with Gasteiger partial charge in [0.2, 0.25) is 0 Å². The number of nitro groups is 1. The highest BCUT2D eigenvalue weighted by atomic mass is 79.9.